The fourth-order valence-electron chi connectivity index (χ4n) is 1.32. The Morgan fingerprint density at radius 2 is 1.08 bits per heavy atom. The second kappa shape index (κ2) is 19.4. The lowest BCUT2D eigenvalue weighted by atomic mass is 10.5. The van der Waals surface area contributed by atoms with Crippen molar-refractivity contribution in [2.24, 2.45) is 0 Å². The van der Waals surface area contributed by atoms with Gasteiger partial charge >= 0.3 is 5.97 Å². The molecule has 0 saturated heterocycles. The van der Waals surface area contributed by atoms with Crippen molar-refractivity contribution in [2.45, 2.75) is 41.0 Å². The zero-order valence-corrected chi connectivity index (χ0v) is 20.5. The van der Waals surface area contributed by atoms with Crippen molar-refractivity contribution in [3.05, 3.63) is 0 Å². The van der Waals surface area contributed by atoms with Crippen molar-refractivity contribution in [1.82, 2.24) is 9.80 Å². The molecule has 148 valence electrons. The van der Waals surface area contributed by atoms with E-state index >= 15 is 0 Å². The lowest BCUT2D eigenvalue weighted by Crippen LogP contribution is -2.26. The van der Waals surface area contributed by atoms with E-state index in [9.17, 15) is 4.79 Å². The molecule has 0 bridgehead atoms. The molecule has 0 atom stereocenters. The first-order valence-corrected chi connectivity index (χ1v) is 13.7. The van der Waals surface area contributed by atoms with Crippen LogP contribution in [0.25, 0.3) is 0 Å². The fourth-order valence-corrected chi connectivity index (χ4v) is 7.31. The largest absolute Gasteiger partial charge is 0.481 e. The SMILES string of the molecule is CCC(=O)O.CCN(CC)C(=S)SSCCSSC(=S)N(CC)CC. The minimum Gasteiger partial charge on any atom is -0.481 e. The lowest BCUT2D eigenvalue weighted by Gasteiger charge is -2.20. The van der Waals surface area contributed by atoms with Gasteiger partial charge in [-0.05, 0) is 49.3 Å². The molecule has 0 radical (unpaired) electrons. The van der Waals surface area contributed by atoms with Gasteiger partial charge in [0.15, 0.2) is 0 Å². The van der Waals surface area contributed by atoms with Gasteiger partial charge < -0.3 is 14.9 Å². The summed E-state index contributed by atoms with van der Waals surface area (Å²) in [5.41, 5.74) is 0. The Balaban J connectivity index is 0. The van der Waals surface area contributed by atoms with E-state index in [0.29, 0.717) is 0 Å². The van der Waals surface area contributed by atoms with Gasteiger partial charge in [0.1, 0.15) is 8.64 Å². The summed E-state index contributed by atoms with van der Waals surface area (Å²) in [7, 11) is 7.10. The number of carboxylic acid groups (broad SMARTS) is 1. The molecule has 0 aromatic heterocycles. The second-order valence-electron chi connectivity index (χ2n) is 4.43. The molecule has 0 aromatic carbocycles. The minimum absolute atomic E-state index is 0.222. The molecule has 25 heavy (non-hydrogen) atoms. The van der Waals surface area contributed by atoms with E-state index < -0.39 is 5.97 Å². The van der Waals surface area contributed by atoms with Gasteiger partial charge in [-0.3, -0.25) is 4.79 Å². The maximum atomic E-state index is 9.37. The number of carboxylic acids is 1. The van der Waals surface area contributed by atoms with Gasteiger partial charge in [0, 0.05) is 44.1 Å². The molecule has 0 aliphatic rings. The van der Waals surface area contributed by atoms with Gasteiger partial charge in [-0.25, -0.2) is 0 Å². The zero-order valence-electron chi connectivity index (χ0n) is 15.6. The normalized spacial score (nSPS) is 9.80. The molecule has 0 amide bonds. The highest BCUT2D eigenvalue weighted by Gasteiger charge is 2.07. The summed E-state index contributed by atoms with van der Waals surface area (Å²) >= 11 is 10.8. The smallest absolute Gasteiger partial charge is 0.303 e. The molecule has 0 fully saturated rings. The van der Waals surface area contributed by atoms with Crippen LogP contribution in [-0.4, -0.2) is 67.2 Å². The molecule has 0 aliphatic carbocycles. The first kappa shape index (κ1) is 27.9. The summed E-state index contributed by atoms with van der Waals surface area (Å²) in [6.45, 7) is 14.1. The van der Waals surface area contributed by atoms with Crippen molar-refractivity contribution in [1.29, 1.82) is 0 Å². The third-order valence-corrected chi connectivity index (χ3v) is 9.20. The van der Waals surface area contributed by atoms with E-state index in [0.717, 1.165) is 46.3 Å². The number of hydrogen-bond donors (Lipinski definition) is 1. The van der Waals surface area contributed by atoms with Crippen LogP contribution in [0.3, 0.4) is 0 Å². The summed E-state index contributed by atoms with van der Waals surface area (Å²) in [6, 6.07) is 0. The Kier molecular flexibility index (Phi) is 21.6. The standard InChI is InChI=1S/C12H24N2S6.C3H6O2/c1-5-13(6-2)11(15)19-17-9-10-18-20-12(16)14(7-3)8-4;1-2-3(4)5/h5-10H2,1-4H3;2H2,1H3,(H,4,5). The molecule has 10 heteroatoms. The van der Waals surface area contributed by atoms with Crippen molar-refractivity contribution in [2.75, 3.05) is 37.7 Å². The predicted octanol–water partition coefficient (Wildman–Crippen LogP) is 5.48. The van der Waals surface area contributed by atoms with Crippen LogP contribution in [-0.2, 0) is 4.79 Å². The number of thiocarbonyl (C=S) groups is 2. The molecule has 0 aromatic rings. The van der Waals surface area contributed by atoms with E-state index in [1.54, 1.807) is 28.5 Å². The van der Waals surface area contributed by atoms with Crippen LogP contribution in [0.4, 0.5) is 0 Å². The van der Waals surface area contributed by atoms with E-state index in [1.165, 1.54) is 0 Å². The number of carbonyl (C=O) groups is 1. The summed E-state index contributed by atoms with van der Waals surface area (Å²) < 4.78 is 1.99. The minimum atomic E-state index is -0.745. The van der Waals surface area contributed by atoms with Gasteiger partial charge in [-0.1, -0.05) is 52.9 Å². The summed E-state index contributed by atoms with van der Waals surface area (Å²) in [4.78, 5) is 13.8. The number of aliphatic carboxylic acids is 1. The average Bonchev–Trinajstić information content (AvgIpc) is 2.60. The van der Waals surface area contributed by atoms with Crippen LogP contribution in [0, 0.1) is 0 Å². The Morgan fingerprint density at radius 1 is 0.800 bits per heavy atom. The molecule has 0 spiro atoms. The molecule has 0 heterocycles. The summed E-state index contributed by atoms with van der Waals surface area (Å²) in [5, 5.41) is 7.72. The molecule has 4 nitrogen and oxygen atoms in total. The Hall–Kier alpha value is 0.650. The van der Waals surface area contributed by atoms with Crippen LogP contribution < -0.4 is 0 Å². The maximum absolute atomic E-state index is 9.37. The van der Waals surface area contributed by atoms with Crippen molar-refractivity contribution in [3.8, 4) is 0 Å². The monoisotopic (exact) mass is 462 g/mol. The zero-order chi connectivity index (χ0) is 19.7. The van der Waals surface area contributed by atoms with Crippen LogP contribution in [0.5, 0.6) is 0 Å². The summed E-state index contributed by atoms with van der Waals surface area (Å²) in [5.74, 6) is 1.43. The fraction of sp³-hybridized carbons (Fsp3) is 0.800. The Labute approximate surface area is 179 Å². The van der Waals surface area contributed by atoms with Gasteiger partial charge in [-0.15, -0.1) is 0 Å². The molecular weight excluding hydrogens is 433 g/mol. The average molecular weight is 463 g/mol. The first-order chi connectivity index (χ1) is 11.9. The van der Waals surface area contributed by atoms with Crippen LogP contribution >= 0.6 is 67.6 Å². The van der Waals surface area contributed by atoms with Crippen molar-refractivity contribution in [3.63, 3.8) is 0 Å². The van der Waals surface area contributed by atoms with Gasteiger partial charge in [0.25, 0.3) is 0 Å². The van der Waals surface area contributed by atoms with E-state index in [-0.39, 0.29) is 6.42 Å². The molecule has 0 aliphatic heterocycles. The van der Waals surface area contributed by atoms with Crippen molar-refractivity contribution < 1.29 is 9.90 Å². The highest BCUT2D eigenvalue weighted by atomic mass is 33.1. The van der Waals surface area contributed by atoms with Gasteiger partial charge in [0.05, 0.1) is 0 Å². The van der Waals surface area contributed by atoms with E-state index in [2.05, 4.69) is 37.5 Å². The predicted molar refractivity (Wildman–Crippen MR) is 129 cm³/mol. The first-order valence-electron chi connectivity index (χ1n) is 8.26. The molecule has 0 rings (SSSR count). The number of rotatable bonds is 10. The molecule has 1 N–H and O–H groups in total. The molecule has 0 unspecified atom stereocenters. The quantitative estimate of drug-likeness (QED) is 0.256. The maximum Gasteiger partial charge on any atom is 0.303 e. The Morgan fingerprint density at radius 3 is 1.28 bits per heavy atom. The van der Waals surface area contributed by atoms with Crippen molar-refractivity contribution >= 4 is 82.2 Å². The van der Waals surface area contributed by atoms with Crippen LogP contribution in [0.1, 0.15) is 41.0 Å². The number of nitrogens with zero attached hydrogens (tertiary/aromatic N) is 2. The highest BCUT2D eigenvalue weighted by Crippen LogP contribution is 2.30. The number of hydrogen-bond acceptors (Lipinski definition) is 7. The topological polar surface area (TPSA) is 43.8 Å². The lowest BCUT2D eigenvalue weighted by molar-refractivity contribution is -0.136. The third-order valence-electron chi connectivity index (χ3n) is 2.86. The van der Waals surface area contributed by atoms with Crippen LogP contribution in [0.15, 0.2) is 0 Å². The molecular formula is C15H30N2O2S6. The van der Waals surface area contributed by atoms with Gasteiger partial charge in [-0.2, -0.15) is 0 Å². The Bertz CT molecular complexity index is 349. The summed E-state index contributed by atoms with van der Waals surface area (Å²) in [6.07, 6.45) is 0.222. The highest BCUT2D eigenvalue weighted by molar-refractivity contribution is 8.85. The second-order valence-corrected chi connectivity index (χ2v) is 10.5. The van der Waals surface area contributed by atoms with E-state index in [4.69, 9.17) is 29.5 Å². The molecule has 0 saturated carbocycles. The van der Waals surface area contributed by atoms with Crippen LogP contribution in [0.2, 0.25) is 0 Å². The third kappa shape index (κ3) is 16.5. The van der Waals surface area contributed by atoms with E-state index in [1.807, 2.05) is 21.6 Å². The van der Waals surface area contributed by atoms with Gasteiger partial charge in [0.2, 0.25) is 0 Å².